The lowest BCUT2D eigenvalue weighted by molar-refractivity contribution is -0.139. The Labute approximate surface area is 97.8 Å². The van der Waals surface area contributed by atoms with Gasteiger partial charge in [-0.3, -0.25) is 4.79 Å². The van der Waals surface area contributed by atoms with Crippen molar-refractivity contribution >= 4 is 21.9 Å². The summed E-state index contributed by atoms with van der Waals surface area (Å²) in [5.74, 6) is -1.56. The molecule has 0 aliphatic rings. The molecule has 1 heterocycles. The van der Waals surface area contributed by atoms with Gasteiger partial charge in [-0.05, 0) is 22.0 Å². The van der Waals surface area contributed by atoms with Crippen LogP contribution in [0.4, 0.5) is 13.2 Å². The third kappa shape index (κ3) is 2.94. The predicted molar refractivity (Wildman–Crippen MR) is 52.6 cm³/mol. The molecule has 0 N–H and O–H groups in total. The number of ether oxygens (including phenoxy) is 1. The molecule has 0 aliphatic carbocycles. The quantitative estimate of drug-likeness (QED) is 0.805. The van der Waals surface area contributed by atoms with Crippen LogP contribution in [0.2, 0.25) is 0 Å². The van der Waals surface area contributed by atoms with Crippen molar-refractivity contribution in [3.8, 4) is 0 Å². The molecule has 3 nitrogen and oxygen atoms in total. The molecule has 0 amide bonds. The van der Waals surface area contributed by atoms with E-state index in [-0.39, 0.29) is 12.1 Å². The van der Waals surface area contributed by atoms with Crippen LogP contribution in [0.5, 0.6) is 0 Å². The summed E-state index contributed by atoms with van der Waals surface area (Å²) in [5.41, 5.74) is -0.818. The van der Waals surface area contributed by atoms with Crippen LogP contribution in [0.3, 0.4) is 0 Å². The maximum atomic E-state index is 13.2. The van der Waals surface area contributed by atoms with Crippen molar-refractivity contribution in [3.63, 3.8) is 0 Å². The van der Waals surface area contributed by atoms with Crippen molar-refractivity contribution in [2.45, 2.75) is 12.8 Å². The van der Waals surface area contributed by atoms with E-state index in [9.17, 15) is 18.0 Å². The van der Waals surface area contributed by atoms with Crippen LogP contribution in [0.15, 0.2) is 10.5 Å². The predicted octanol–water partition coefficient (Wildman–Crippen LogP) is 2.64. The first kappa shape index (κ1) is 13.0. The summed E-state index contributed by atoms with van der Waals surface area (Å²) in [4.78, 5) is 14.4. The molecular weight excluding hydrogens is 291 g/mol. The number of aromatic nitrogens is 1. The topological polar surface area (TPSA) is 39.2 Å². The lowest BCUT2D eigenvalue weighted by atomic mass is 10.2. The van der Waals surface area contributed by atoms with Gasteiger partial charge in [-0.25, -0.2) is 18.2 Å². The third-order valence-electron chi connectivity index (χ3n) is 1.75. The Kier molecular flexibility index (Phi) is 4.28. The van der Waals surface area contributed by atoms with E-state index >= 15 is 0 Å². The molecule has 0 bridgehead atoms. The van der Waals surface area contributed by atoms with Gasteiger partial charge in [0.2, 0.25) is 0 Å². The van der Waals surface area contributed by atoms with Crippen LogP contribution < -0.4 is 0 Å². The van der Waals surface area contributed by atoms with Crippen molar-refractivity contribution in [2.75, 3.05) is 7.11 Å². The molecule has 1 aromatic rings. The van der Waals surface area contributed by atoms with E-state index in [1.807, 2.05) is 0 Å². The Hall–Kier alpha value is -1.11. The molecular formula is C9H7BrF3NO2. The molecule has 1 rings (SSSR count). The second kappa shape index (κ2) is 5.29. The molecule has 0 fully saturated rings. The monoisotopic (exact) mass is 297 g/mol. The fourth-order valence-corrected chi connectivity index (χ4v) is 1.40. The number of pyridine rings is 1. The van der Waals surface area contributed by atoms with Gasteiger partial charge in [-0.15, -0.1) is 0 Å². The maximum Gasteiger partial charge on any atom is 0.311 e. The molecule has 0 saturated carbocycles. The van der Waals surface area contributed by atoms with Crippen LogP contribution in [-0.4, -0.2) is 18.1 Å². The van der Waals surface area contributed by atoms with Gasteiger partial charge in [-0.2, -0.15) is 0 Å². The number of methoxy groups -OCH3 is 1. The lowest BCUT2D eigenvalue weighted by Crippen LogP contribution is -2.08. The fraction of sp³-hybridized carbons (Fsp3) is 0.333. The van der Waals surface area contributed by atoms with E-state index in [1.165, 1.54) is 0 Å². The van der Waals surface area contributed by atoms with Crippen LogP contribution in [0, 0.1) is 5.82 Å². The van der Waals surface area contributed by atoms with Crippen LogP contribution in [0.25, 0.3) is 0 Å². The van der Waals surface area contributed by atoms with Gasteiger partial charge < -0.3 is 4.74 Å². The smallest absolute Gasteiger partial charge is 0.311 e. The normalized spacial score (nSPS) is 10.6. The highest BCUT2D eigenvalue weighted by Crippen LogP contribution is 2.28. The van der Waals surface area contributed by atoms with Gasteiger partial charge in [0.25, 0.3) is 6.43 Å². The molecule has 0 aromatic carbocycles. The molecule has 88 valence electrons. The SMILES string of the molecule is COC(=O)Cc1cc(F)c(Br)c(C(F)F)n1. The lowest BCUT2D eigenvalue weighted by Gasteiger charge is -2.06. The standard InChI is InChI=1S/C9H7BrF3NO2/c1-16-6(15)3-4-2-5(11)7(10)8(14-4)9(12)13/h2,9H,3H2,1H3. The highest BCUT2D eigenvalue weighted by atomic mass is 79.9. The Morgan fingerprint density at radius 1 is 1.62 bits per heavy atom. The number of rotatable bonds is 3. The summed E-state index contributed by atoms with van der Waals surface area (Å²) >= 11 is 2.66. The van der Waals surface area contributed by atoms with Crippen molar-refractivity contribution < 1.29 is 22.7 Å². The first-order valence-electron chi connectivity index (χ1n) is 4.15. The first-order valence-corrected chi connectivity index (χ1v) is 4.94. The van der Waals surface area contributed by atoms with Crippen LogP contribution >= 0.6 is 15.9 Å². The van der Waals surface area contributed by atoms with Gasteiger partial charge in [-0.1, -0.05) is 0 Å². The summed E-state index contributed by atoms with van der Waals surface area (Å²) in [7, 11) is 1.14. The van der Waals surface area contributed by atoms with Gasteiger partial charge in [0.1, 0.15) is 11.5 Å². The second-order valence-electron chi connectivity index (χ2n) is 2.85. The van der Waals surface area contributed by atoms with Crippen molar-refractivity contribution in [3.05, 3.63) is 27.7 Å². The first-order chi connectivity index (χ1) is 7.45. The average molecular weight is 298 g/mol. The minimum absolute atomic E-state index is 0.0946. The Morgan fingerprint density at radius 3 is 2.75 bits per heavy atom. The molecule has 16 heavy (non-hydrogen) atoms. The minimum atomic E-state index is -2.92. The molecule has 0 saturated heterocycles. The zero-order valence-electron chi connectivity index (χ0n) is 8.14. The van der Waals surface area contributed by atoms with E-state index < -0.39 is 28.4 Å². The van der Waals surface area contributed by atoms with E-state index in [4.69, 9.17) is 0 Å². The summed E-state index contributed by atoms with van der Waals surface area (Å²) in [6.07, 6.45) is -3.26. The average Bonchev–Trinajstić information content (AvgIpc) is 2.22. The fourth-order valence-electron chi connectivity index (χ4n) is 1.02. The molecule has 0 atom stereocenters. The number of carbonyl (C=O) groups is 1. The third-order valence-corrected chi connectivity index (χ3v) is 2.54. The van der Waals surface area contributed by atoms with E-state index in [1.54, 1.807) is 0 Å². The van der Waals surface area contributed by atoms with Crippen molar-refractivity contribution in [2.24, 2.45) is 0 Å². The van der Waals surface area contributed by atoms with Crippen molar-refractivity contribution in [1.82, 2.24) is 4.98 Å². The Morgan fingerprint density at radius 2 is 2.25 bits per heavy atom. The Balaban J connectivity index is 3.09. The number of hydrogen-bond donors (Lipinski definition) is 0. The number of esters is 1. The molecule has 7 heteroatoms. The van der Waals surface area contributed by atoms with Gasteiger partial charge in [0.05, 0.1) is 23.7 Å². The van der Waals surface area contributed by atoms with E-state index in [0.717, 1.165) is 13.2 Å². The van der Waals surface area contributed by atoms with Crippen LogP contribution in [-0.2, 0) is 16.0 Å². The summed E-state index contributed by atoms with van der Waals surface area (Å²) < 4.78 is 42.0. The minimum Gasteiger partial charge on any atom is -0.469 e. The number of carbonyl (C=O) groups excluding carboxylic acids is 1. The number of nitrogens with zero attached hydrogens (tertiary/aromatic N) is 1. The maximum absolute atomic E-state index is 13.2. The van der Waals surface area contributed by atoms with E-state index in [2.05, 4.69) is 25.7 Å². The van der Waals surface area contributed by atoms with Crippen molar-refractivity contribution in [1.29, 1.82) is 0 Å². The van der Waals surface area contributed by atoms with E-state index in [0.29, 0.717) is 0 Å². The highest BCUT2D eigenvalue weighted by molar-refractivity contribution is 9.10. The molecule has 0 spiro atoms. The van der Waals surface area contributed by atoms with Gasteiger partial charge >= 0.3 is 5.97 Å². The highest BCUT2D eigenvalue weighted by Gasteiger charge is 2.19. The molecule has 0 unspecified atom stereocenters. The number of halogens is 4. The zero-order valence-corrected chi connectivity index (χ0v) is 9.72. The summed E-state index contributed by atoms with van der Waals surface area (Å²) in [6, 6.07) is 0.910. The number of alkyl halides is 2. The molecule has 1 aromatic heterocycles. The molecule has 0 aliphatic heterocycles. The summed E-state index contributed by atoms with van der Waals surface area (Å²) in [5, 5.41) is 0. The Bertz CT molecular complexity index is 412. The van der Waals surface area contributed by atoms with Crippen LogP contribution in [0.1, 0.15) is 17.8 Å². The second-order valence-corrected chi connectivity index (χ2v) is 3.64. The van der Waals surface area contributed by atoms with Gasteiger partial charge in [0.15, 0.2) is 0 Å². The summed E-state index contributed by atoms with van der Waals surface area (Å²) in [6.45, 7) is 0. The van der Waals surface area contributed by atoms with Gasteiger partial charge in [0, 0.05) is 0 Å². The number of hydrogen-bond acceptors (Lipinski definition) is 3. The largest absolute Gasteiger partial charge is 0.469 e. The zero-order chi connectivity index (χ0) is 12.3. The molecule has 0 radical (unpaired) electrons.